The number of nitrogens with one attached hydrogen (secondary N) is 3. The van der Waals surface area contributed by atoms with Gasteiger partial charge in [-0.25, -0.2) is 0 Å². The summed E-state index contributed by atoms with van der Waals surface area (Å²) >= 11 is 10.7. The number of halogens is 1. The van der Waals surface area contributed by atoms with Crippen molar-refractivity contribution in [2.75, 3.05) is 0 Å². The summed E-state index contributed by atoms with van der Waals surface area (Å²) in [5, 5.41) is 13.4. The van der Waals surface area contributed by atoms with Crippen molar-refractivity contribution in [1.82, 2.24) is 16.2 Å². The van der Waals surface area contributed by atoms with Crippen LogP contribution in [-0.2, 0) is 0 Å². The molecule has 0 aliphatic rings. The summed E-state index contributed by atoms with van der Waals surface area (Å²) in [6.07, 6.45) is 0. The molecular formula is C15H11ClN4O4S. The van der Waals surface area contributed by atoms with E-state index in [2.05, 4.69) is 16.2 Å². The molecule has 0 atom stereocenters. The van der Waals surface area contributed by atoms with Gasteiger partial charge in [0.15, 0.2) is 5.11 Å². The van der Waals surface area contributed by atoms with Gasteiger partial charge in [-0.3, -0.25) is 35.9 Å². The molecule has 0 spiro atoms. The van der Waals surface area contributed by atoms with E-state index in [0.29, 0.717) is 5.02 Å². The summed E-state index contributed by atoms with van der Waals surface area (Å²) in [6.45, 7) is 0. The monoisotopic (exact) mass is 378 g/mol. The zero-order valence-corrected chi connectivity index (χ0v) is 14.1. The molecule has 128 valence electrons. The number of thiocarbonyl (C=S) groups is 1. The predicted octanol–water partition coefficient (Wildman–Crippen LogP) is 2.20. The fourth-order valence-corrected chi connectivity index (χ4v) is 2.18. The molecule has 0 aromatic heterocycles. The van der Waals surface area contributed by atoms with E-state index in [-0.39, 0.29) is 21.9 Å². The minimum absolute atomic E-state index is 0.149. The summed E-state index contributed by atoms with van der Waals surface area (Å²) in [4.78, 5) is 34.2. The summed E-state index contributed by atoms with van der Waals surface area (Å²) in [7, 11) is 0. The molecule has 0 bridgehead atoms. The molecular weight excluding hydrogens is 368 g/mol. The van der Waals surface area contributed by atoms with Crippen molar-refractivity contribution in [3.63, 3.8) is 0 Å². The SMILES string of the molecule is O=C(NC(=S)NNC(=O)c1ccccc1[N+](=O)[O-])c1cccc(Cl)c1. The highest BCUT2D eigenvalue weighted by Crippen LogP contribution is 2.16. The minimum atomic E-state index is -0.772. The number of hydrogen-bond donors (Lipinski definition) is 3. The normalized spacial score (nSPS) is 9.80. The van der Waals surface area contributed by atoms with Gasteiger partial charge in [-0.1, -0.05) is 29.8 Å². The Labute approximate surface area is 152 Å². The molecule has 2 aromatic carbocycles. The number of benzene rings is 2. The summed E-state index contributed by atoms with van der Waals surface area (Å²) in [5.74, 6) is -1.30. The molecule has 2 amide bonds. The van der Waals surface area contributed by atoms with Crippen molar-refractivity contribution >= 4 is 46.4 Å². The predicted molar refractivity (Wildman–Crippen MR) is 95.2 cm³/mol. The summed E-state index contributed by atoms with van der Waals surface area (Å²) < 4.78 is 0. The van der Waals surface area contributed by atoms with E-state index in [1.165, 1.54) is 36.4 Å². The van der Waals surface area contributed by atoms with Gasteiger partial charge in [0, 0.05) is 16.7 Å². The van der Waals surface area contributed by atoms with Crippen LogP contribution in [0.15, 0.2) is 48.5 Å². The Morgan fingerprint density at radius 3 is 2.44 bits per heavy atom. The smallest absolute Gasteiger partial charge is 0.282 e. The van der Waals surface area contributed by atoms with Crippen LogP contribution in [0.3, 0.4) is 0 Å². The number of hydrazine groups is 1. The number of nitro groups is 1. The van der Waals surface area contributed by atoms with E-state index in [0.717, 1.165) is 0 Å². The van der Waals surface area contributed by atoms with E-state index in [9.17, 15) is 19.7 Å². The minimum Gasteiger partial charge on any atom is -0.298 e. The molecule has 0 unspecified atom stereocenters. The highest BCUT2D eigenvalue weighted by Gasteiger charge is 2.19. The molecule has 2 rings (SSSR count). The lowest BCUT2D eigenvalue weighted by Crippen LogP contribution is -2.48. The Hall–Kier alpha value is -3.04. The van der Waals surface area contributed by atoms with Crippen LogP contribution in [0.1, 0.15) is 20.7 Å². The van der Waals surface area contributed by atoms with Gasteiger partial charge in [0.2, 0.25) is 0 Å². The topological polar surface area (TPSA) is 113 Å². The van der Waals surface area contributed by atoms with Gasteiger partial charge in [-0.05, 0) is 36.5 Å². The molecule has 2 aromatic rings. The van der Waals surface area contributed by atoms with Crippen LogP contribution in [0.25, 0.3) is 0 Å². The van der Waals surface area contributed by atoms with E-state index in [1.54, 1.807) is 12.1 Å². The van der Waals surface area contributed by atoms with Crippen molar-refractivity contribution in [3.05, 3.63) is 74.8 Å². The van der Waals surface area contributed by atoms with Crippen molar-refractivity contribution in [3.8, 4) is 0 Å². The van der Waals surface area contributed by atoms with Crippen LogP contribution in [0.4, 0.5) is 5.69 Å². The first-order valence-electron chi connectivity index (χ1n) is 6.79. The second-order valence-electron chi connectivity index (χ2n) is 4.65. The van der Waals surface area contributed by atoms with Crippen molar-refractivity contribution in [1.29, 1.82) is 0 Å². The second-order valence-corrected chi connectivity index (χ2v) is 5.49. The maximum Gasteiger partial charge on any atom is 0.282 e. The summed E-state index contributed by atoms with van der Waals surface area (Å²) in [6, 6.07) is 11.6. The average Bonchev–Trinajstić information content (AvgIpc) is 2.59. The molecule has 25 heavy (non-hydrogen) atoms. The maximum atomic E-state index is 12.0. The number of amides is 2. The van der Waals surface area contributed by atoms with Gasteiger partial charge in [0.05, 0.1) is 4.92 Å². The van der Waals surface area contributed by atoms with Crippen molar-refractivity contribution < 1.29 is 14.5 Å². The molecule has 0 fully saturated rings. The molecule has 0 heterocycles. The van der Waals surface area contributed by atoms with Gasteiger partial charge >= 0.3 is 0 Å². The number of carbonyl (C=O) groups is 2. The number of carbonyl (C=O) groups excluding carboxylic acids is 2. The molecule has 0 saturated carbocycles. The molecule has 3 N–H and O–H groups in total. The lowest BCUT2D eigenvalue weighted by molar-refractivity contribution is -0.385. The third kappa shape index (κ3) is 4.96. The van der Waals surface area contributed by atoms with Gasteiger partial charge in [0.25, 0.3) is 17.5 Å². The summed E-state index contributed by atoms with van der Waals surface area (Å²) in [5.41, 5.74) is 4.27. The van der Waals surface area contributed by atoms with Crippen LogP contribution < -0.4 is 16.2 Å². The number of nitro benzene ring substituents is 1. The van der Waals surface area contributed by atoms with E-state index in [4.69, 9.17) is 23.8 Å². The molecule has 10 heteroatoms. The Bertz CT molecular complexity index is 859. The van der Waals surface area contributed by atoms with Gasteiger partial charge in [-0.15, -0.1) is 0 Å². The largest absolute Gasteiger partial charge is 0.298 e. The molecule has 0 saturated heterocycles. The van der Waals surface area contributed by atoms with Gasteiger partial charge < -0.3 is 0 Å². The van der Waals surface area contributed by atoms with Crippen LogP contribution in [0.2, 0.25) is 5.02 Å². The third-order valence-corrected chi connectivity index (χ3v) is 3.39. The Balaban J connectivity index is 1.95. The fraction of sp³-hybridized carbons (Fsp3) is 0. The Kier molecular flexibility index (Phi) is 5.98. The van der Waals surface area contributed by atoms with Crippen LogP contribution in [-0.4, -0.2) is 21.9 Å². The number of hydrogen-bond acceptors (Lipinski definition) is 5. The van der Waals surface area contributed by atoms with Crippen LogP contribution >= 0.6 is 23.8 Å². The maximum absolute atomic E-state index is 12.0. The molecule has 0 radical (unpaired) electrons. The molecule has 0 aliphatic heterocycles. The first-order valence-corrected chi connectivity index (χ1v) is 7.58. The van der Waals surface area contributed by atoms with E-state index >= 15 is 0 Å². The standard InChI is InChI=1S/C15H11ClN4O4S/c16-10-5-3-4-9(8-10)13(21)17-15(25)19-18-14(22)11-6-1-2-7-12(11)20(23)24/h1-8H,(H,18,22)(H2,17,19,21,25). The number of nitrogens with zero attached hydrogens (tertiary/aromatic N) is 1. The zero-order chi connectivity index (χ0) is 18.4. The lowest BCUT2D eigenvalue weighted by Gasteiger charge is -2.11. The lowest BCUT2D eigenvalue weighted by atomic mass is 10.2. The average molecular weight is 379 g/mol. The Morgan fingerprint density at radius 2 is 1.76 bits per heavy atom. The van der Waals surface area contributed by atoms with E-state index in [1.807, 2.05) is 0 Å². The first kappa shape index (κ1) is 18.3. The number of para-hydroxylation sites is 1. The van der Waals surface area contributed by atoms with E-state index < -0.39 is 16.7 Å². The quantitative estimate of drug-likeness (QED) is 0.428. The highest BCUT2D eigenvalue weighted by atomic mass is 35.5. The van der Waals surface area contributed by atoms with Gasteiger partial charge in [-0.2, -0.15) is 0 Å². The van der Waals surface area contributed by atoms with Crippen LogP contribution in [0.5, 0.6) is 0 Å². The van der Waals surface area contributed by atoms with Crippen molar-refractivity contribution in [2.24, 2.45) is 0 Å². The molecule has 0 aliphatic carbocycles. The zero-order valence-electron chi connectivity index (χ0n) is 12.5. The fourth-order valence-electron chi connectivity index (χ4n) is 1.84. The van der Waals surface area contributed by atoms with Crippen molar-refractivity contribution in [2.45, 2.75) is 0 Å². The molecule has 8 nitrogen and oxygen atoms in total. The highest BCUT2D eigenvalue weighted by molar-refractivity contribution is 7.80. The van der Waals surface area contributed by atoms with Crippen LogP contribution in [0, 0.1) is 10.1 Å². The van der Waals surface area contributed by atoms with Gasteiger partial charge in [0.1, 0.15) is 5.56 Å². The number of rotatable bonds is 3. The first-order chi connectivity index (χ1) is 11.9. The second kappa shape index (κ2) is 8.18. The third-order valence-electron chi connectivity index (χ3n) is 2.95. The Morgan fingerprint density at radius 1 is 1.04 bits per heavy atom.